The van der Waals surface area contributed by atoms with Gasteiger partial charge in [0.05, 0.1) is 13.7 Å². The number of methoxy groups -OCH3 is 1. The van der Waals surface area contributed by atoms with Gasteiger partial charge in [-0.25, -0.2) is 0 Å². The summed E-state index contributed by atoms with van der Waals surface area (Å²) in [7, 11) is 1.67. The van der Waals surface area contributed by atoms with E-state index < -0.39 is 0 Å². The molecule has 1 heterocycles. The number of aromatic nitrogens is 2. The molecule has 0 fully saturated rings. The van der Waals surface area contributed by atoms with Crippen LogP contribution in [0.25, 0.3) is 0 Å². The summed E-state index contributed by atoms with van der Waals surface area (Å²) in [6.45, 7) is 0.726. The van der Waals surface area contributed by atoms with Gasteiger partial charge in [-0.05, 0) is 18.2 Å². The van der Waals surface area contributed by atoms with Crippen LogP contribution in [0.5, 0.6) is 5.75 Å². The van der Waals surface area contributed by atoms with E-state index in [9.17, 15) is 0 Å². The number of hydrogen-bond donors (Lipinski definition) is 0. The smallest absolute Gasteiger partial charge is 0.125 e. The van der Waals surface area contributed by atoms with E-state index in [0.717, 1.165) is 22.3 Å². The van der Waals surface area contributed by atoms with Crippen molar-refractivity contribution >= 4 is 15.9 Å². The van der Waals surface area contributed by atoms with Crippen LogP contribution in [0.15, 0.2) is 41.1 Å². The van der Waals surface area contributed by atoms with Crippen LogP contribution >= 0.6 is 15.9 Å². The molecule has 1 aromatic carbocycles. The largest absolute Gasteiger partial charge is 0.496 e. The van der Waals surface area contributed by atoms with Gasteiger partial charge in [0.1, 0.15) is 5.75 Å². The van der Waals surface area contributed by atoms with Gasteiger partial charge >= 0.3 is 0 Å². The van der Waals surface area contributed by atoms with Crippen molar-refractivity contribution in [2.45, 2.75) is 6.54 Å². The van der Waals surface area contributed by atoms with Gasteiger partial charge in [-0.15, -0.1) is 0 Å². The lowest BCUT2D eigenvalue weighted by Gasteiger charge is -2.08. The van der Waals surface area contributed by atoms with E-state index in [4.69, 9.17) is 4.74 Å². The van der Waals surface area contributed by atoms with Gasteiger partial charge < -0.3 is 4.74 Å². The Balaban J connectivity index is 2.28. The Kier molecular flexibility index (Phi) is 3.06. The van der Waals surface area contributed by atoms with E-state index in [0.29, 0.717) is 0 Å². The predicted molar refractivity (Wildman–Crippen MR) is 62.0 cm³/mol. The molecule has 0 bridgehead atoms. The molecule has 4 heteroatoms. The number of ether oxygens (including phenoxy) is 1. The van der Waals surface area contributed by atoms with Crippen molar-refractivity contribution in [3.63, 3.8) is 0 Å². The first kappa shape index (κ1) is 10.2. The summed E-state index contributed by atoms with van der Waals surface area (Å²) in [5.74, 6) is 0.875. The summed E-state index contributed by atoms with van der Waals surface area (Å²) < 4.78 is 8.19. The van der Waals surface area contributed by atoms with E-state index in [2.05, 4.69) is 21.0 Å². The lowest BCUT2D eigenvalue weighted by Crippen LogP contribution is -2.01. The highest BCUT2D eigenvalue weighted by Crippen LogP contribution is 2.23. The molecule has 3 nitrogen and oxygen atoms in total. The molecule has 0 aliphatic rings. The van der Waals surface area contributed by atoms with Crippen molar-refractivity contribution < 1.29 is 4.74 Å². The van der Waals surface area contributed by atoms with Crippen LogP contribution in [0, 0.1) is 0 Å². The number of halogens is 1. The average Bonchev–Trinajstić information content (AvgIpc) is 2.73. The maximum absolute atomic E-state index is 5.30. The van der Waals surface area contributed by atoms with Crippen LogP contribution < -0.4 is 4.74 Å². The molecule has 0 N–H and O–H groups in total. The Hall–Kier alpha value is -1.29. The molecule has 0 spiro atoms. The molecule has 2 aromatic rings. The zero-order valence-corrected chi connectivity index (χ0v) is 9.94. The Bertz CT molecular complexity index is 440. The molecule has 0 aliphatic heterocycles. The first-order chi connectivity index (χ1) is 7.29. The molecule has 0 aliphatic carbocycles. The summed E-state index contributed by atoms with van der Waals surface area (Å²) in [5, 5.41) is 4.16. The molecular formula is C11H11BrN2O. The van der Waals surface area contributed by atoms with Crippen LogP contribution in [0.2, 0.25) is 0 Å². The Morgan fingerprint density at radius 1 is 1.47 bits per heavy atom. The van der Waals surface area contributed by atoms with Crippen LogP contribution in [0.1, 0.15) is 5.56 Å². The lowest BCUT2D eigenvalue weighted by atomic mass is 10.2. The Labute approximate surface area is 96.8 Å². The zero-order chi connectivity index (χ0) is 10.7. The Morgan fingerprint density at radius 2 is 2.33 bits per heavy atom. The molecule has 0 atom stereocenters. The molecule has 2 rings (SSSR count). The van der Waals surface area contributed by atoms with E-state index in [1.165, 1.54) is 0 Å². The topological polar surface area (TPSA) is 27.1 Å². The quantitative estimate of drug-likeness (QED) is 0.854. The van der Waals surface area contributed by atoms with Gasteiger partial charge in [-0.3, -0.25) is 4.68 Å². The molecule has 0 radical (unpaired) electrons. The van der Waals surface area contributed by atoms with Gasteiger partial charge in [-0.2, -0.15) is 5.10 Å². The fourth-order valence-corrected chi connectivity index (χ4v) is 1.76. The van der Waals surface area contributed by atoms with Crippen molar-refractivity contribution in [2.24, 2.45) is 0 Å². The zero-order valence-electron chi connectivity index (χ0n) is 8.35. The number of benzene rings is 1. The maximum Gasteiger partial charge on any atom is 0.125 e. The second kappa shape index (κ2) is 4.49. The molecule has 15 heavy (non-hydrogen) atoms. The lowest BCUT2D eigenvalue weighted by molar-refractivity contribution is 0.407. The minimum atomic E-state index is 0.726. The summed E-state index contributed by atoms with van der Waals surface area (Å²) in [6, 6.07) is 7.90. The minimum Gasteiger partial charge on any atom is -0.496 e. The highest BCUT2D eigenvalue weighted by molar-refractivity contribution is 9.10. The van der Waals surface area contributed by atoms with Gasteiger partial charge in [-0.1, -0.05) is 22.0 Å². The predicted octanol–water partition coefficient (Wildman–Crippen LogP) is 2.70. The van der Waals surface area contributed by atoms with Crippen molar-refractivity contribution in [3.05, 3.63) is 46.7 Å². The maximum atomic E-state index is 5.30. The standard InChI is InChI=1S/C11H11BrN2O/c1-15-11-7-10(12)4-3-9(11)8-14-6-2-5-13-14/h2-7H,8H2,1H3. The highest BCUT2D eigenvalue weighted by Gasteiger charge is 2.04. The third-order valence-electron chi connectivity index (χ3n) is 2.14. The van der Waals surface area contributed by atoms with Gasteiger partial charge in [0.2, 0.25) is 0 Å². The van der Waals surface area contributed by atoms with Gasteiger partial charge in [0.15, 0.2) is 0 Å². The number of hydrogen-bond acceptors (Lipinski definition) is 2. The fourth-order valence-electron chi connectivity index (χ4n) is 1.42. The fraction of sp³-hybridized carbons (Fsp3) is 0.182. The molecule has 0 saturated carbocycles. The summed E-state index contributed by atoms with van der Waals surface area (Å²) >= 11 is 3.41. The molecule has 0 amide bonds. The van der Waals surface area contributed by atoms with Crippen LogP contribution in [-0.2, 0) is 6.54 Å². The highest BCUT2D eigenvalue weighted by atomic mass is 79.9. The summed E-state index contributed by atoms with van der Waals surface area (Å²) in [5.41, 5.74) is 1.12. The summed E-state index contributed by atoms with van der Waals surface area (Å²) in [4.78, 5) is 0. The van der Waals surface area contributed by atoms with E-state index in [1.807, 2.05) is 35.1 Å². The normalized spacial score (nSPS) is 10.3. The van der Waals surface area contributed by atoms with Gasteiger partial charge in [0.25, 0.3) is 0 Å². The molecule has 0 saturated heterocycles. The average molecular weight is 267 g/mol. The van der Waals surface area contributed by atoms with Crippen molar-refractivity contribution in [1.29, 1.82) is 0 Å². The van der Waals surface area contributed by atoms with Crippen molar-refractivity contribution in [3.8, 4) is 5.75 Å². The molecule has 78 valence electrons. The Morgan fingerprint density at radius 3 is 3.00 bits per heavy atom. The SMILES string of the molecule is COc1cc(Br)ccc1Cn1cccn1. The van der Waals surface area contributed by atoms with Crippen LogP contribution in [-0.4, -0.2) is 16.9 Å². The minimum absolute atomic E-state index is 0.726. The summed E-state index contributed by atoms with van der Waals surface area (Å²) in [6.07, 6.45) is 3.70. The number of rotatable bonds is 3. The van der Waals surface area contributed by atoms with Crippen LogP contribution in [0.4, 0.5) is 0 Å². The van der Waals surface area contributed by atoms with Crippen molar-refractivity contribution in [1.82, 2.24) is 9.78 Å². The second-order valence-electron chi connectivity index (χ2n) is 3.16. The third-order valence-corrected chi connectivity index (χ3v) is 2.63. The first-order valence-electron chi connectivity index (χ1n) is 4.59. The van der Waals surface area contributed by atoms with E-state index in [-0.39, 0.29) is 0 Å². The van der Waals surface area contributed by atoms with Crippen molar-refractivity contribution in [2.75, 3.05) is 7.11 Å². The van der Waals surface area contributed by atoms with E-state index in [1.54, 1.807) is 13.3 Å². The second-order valence-corrected chi connectivity index (χ2v) is 4.08. The number of nitrogens with zero attached hydrogens (tertiary/aromatic N) is 2. The van der Waals surface area contributed by atoms with E-state index >= 15 is 0 Å². The third kappa shape index (κ3) is 2.39. The van der Waals surface area contributed by atoms with Crippen LogP contribution in [0.3, 0.4) is 0 Å². The van der Waals surface area contributed by atoms with Gasteiger partial charge in [0, 0.05) is 22.4 Å². The monoisotopic (exact) mass is 266 g/mol. The first-order valence-corrected chi connectivity index (χ1v) is 5.39. The molecule has 0 unspecified atom stereocenters. The molecule has 1 aromatic heterocycles. The molecular weight excluding hydrogens is 256 g/mol.